The molecule has 0 spiro atoms. The van der Waals surface area contributed by atoms with Crippen LogP contribution in [0.4, 0.5) is 0 Å². The largest absolute Gasteiger partial charge is 0.497 e. The summed E-state index contributed by atoms with van der Waals surface area (Å²) in [6.07, 6.45) is 2.95. The maximum absolute atomic E-state index is 12.8. The highest BCUT2D eigenvalue weighted by Crippen LogP contribution is 2.29. The van der Waals surface area contributed by atoms with Crippen molar-refractivity contribution in [3.05, 3.63) is 48.3 Å². The van der Waals surface area contributed by atoms with Crippen molar-refractivity contribution in [2.75, 3.05) is 27.8 Å². The molecule has 0 bridgehead atoms. The van der Waals surface area contributed by atoms with E-state index >= 15 is 0 Å². The molecular weight excluding hydrogens is 372 g/mol. The summed E-state index contributed by atoms with van der Waals surface area (Å²) >= 11 is 0. The molecular formula is C17H20N4O5S. The molecule has 0 radical (unpaired) electrons. The van der Waals surface area contributed by atoms with Crippen molar-refractivity contribution in [3.8, 4) is 11.5 Å². The molecule has 0 unspecified atom stereocenters. The number of nitrogens with one attached hydrogen (secondary N) is 1. The van der Waals surface area contributed by atoms with Crippen molar-refractivity contribution in [2.45, 2.75) is 4.90 Å². The molecule has 9 nitrogen and oxygen atoms in total. The van der Waals surface area contributed by atoms with Gasteiger partial charge in [0.2, 0.25) is 10.0 Å². The number of benzene rings is 1. The lowest BCUT2D eigenvalue weighted by Crippen LogP contribution is -2.36. The number of carbonyl (C=O) groups is 1. The minimum atomic E-state index is -3.98. The van der Waals surface area contributed by atoms with Crippen molar-refractivity contribution >= 4 is 22.1 Å². The van der Waals surface area contributed by atoms with Gasteiger partial charge in [0.05, 0.1) is 32.7 Å². The van der Waals surface area contributed by atoms with E-state index in [-0.39, 0.29) is 10.6 Å². The van der Waals surface area contributed by atoms with Gasteiger partial charge in [-0.05, 0) is 24.3 Å². The number of hydrazone groups is 1. The van der Waals surface area contributed by atoms with E-state index in [1.165, 1.54) is 39.6 Å². The number of carbonyl (C=O) groups excluding carboxylic acids is 1. The molecule has 0 atom stereocenters. The molecule has 1 N–H and O–H groups in total. The monoisotopic (exact) mass is 392 g/mol. The summed E-state index contributed by atoms with van der Waals surface area (Å²) in [5.41, 5.74) is 2.82. The molecule has 0 aliphatic carbocycles. The van der Waals surface area contributed by atoms with Crippen LogP contribution in [0.1, 0.15) is 5.69 Å². The molecule has 27 heavy (non-hydrogen) atoms. The number of rotatable bonds is 8. The first-order valence-electron chi connectivity index (χ1n) is 7.79. The standard InChI is InChI=1S/C17H20N4O5S/c1-21(12-17(22)20-19-11-13-6-4-5-9-18-13)27(23,24)16-10-14(25-2)7-8-15(16)26-3/h4-11H,12H2,1-3H3,(H,20,22)/b19-11-. The van der Waals surface area contributed by atoms with Gasteiger partial charge in [-0.2, -0.15) is 9.41 Å². The van der Waals surface area contributed by atoms with Gasteiger partial charge in [0.25, 0.3) is 5.91 Å². The Balaban J connectivity index is 2.08. The van der Waals surface area contributed by atoms with Crippen LogP contribution < -0.4 is 14.9 Å². The highest BCUT2D eigenvalue weighted by Gasteiger charge is 2.27. The third-order valence-corrected chi connectivity index (χ3v) is 5.32. The van der Waals surface area contributed by atoms with E-state index < -0.39 is 22.5 Å². The smallest absolute Gasteiger partial charge is 0.255 e. The number of hydrogen-bond donors (Lipinski definition) is 1. The lowest BCUT2D eigenvalue weighted by atomic mass is 10.3. The number of ether oxygens (including phenoxy) is 2. The van der Waals surface area contributed by atoms with E-state index in [0.29, 0.717) is 11.4 Å². The summed E-state index contributed by atoms with van der Waals surface area (Å²) in [5.74, 6) is -0.0986. The number of pyridine rings is 1. The third kappa shape index (κ3) is 5.25. The van der Waals surface area contributed by atoms with Crippen LogP contribution >= 0.6 is 0 Å². The van der Waals surface area contributed by atoms with E-state index in [0.717, 1.165) is 4.31 Å². The number of amides is 1. The SMILES string of the molecule is COc1ccc(OC)c(S(=O)(=O)N(C)CC(=O)N/N=C\c2ccccn2)c1. The first-order valence-corrected chi connectivity index (χ1v) is 9.23. The highest BCUT2D eigenvalue weighted by molar-refractivity contribution is 7.89. The van der Waals surface area contributed by atoms with Gasteiger partial charge in [-0.25, -0.2) is 13.8 Å². The van der Waals surface area contributed by atoms with Crippen molar-refractivity contribution in [1.29, 1.82) is 0 Å². The Hall–Kier alpha value is -2.98. The highest BCUT2D eigenvalue weighted by atomic mass is 32.2. The zero-order valence-corrected chi connectivity index (χ0v) is 15.9. The molecule has 0 aliphatic heterocycles. The van der Waals surface area contributed by atoms with Crippen molar-refractivity contribution < 1.29 is 22.7 Å². The minimum absolute atomic E-state index is 0.100. The molecule has 0 saturated heterocycles. The zero-order valence-electron chi connectivity index (χ0n) is 15.1. The average molecular weight is 392 g/mol. The average Bonchev–Trinajstić information content (AvgIpc) is 2.68. The molecule has 1 amide bonds. The van der Waals surface area contributed by atoms with Gasteiger partial charge in [-0.1, -0.05) is 6.07 Å². The first kappa shape index (κ1) is 20.3. The zero-order chi connectivity index (χ0) is 19.9. The Kier molecular flexibility index (Phi) is 6.85. The Bertz CT molecular complexity index is 916. The second-order valence-electron chi connectivity index (χ2n) is 5.33. The number of hydrogen-bond acceptors (Lipinski definition) is 7. The Morgan fingerprint density at radius 2 is 2.04 bits per heavy atom. The summed E-state index contributed by atoms with van der Waals surface area (Å²) in [6, 6.07) is 9.64. The number of nitrogens with zero attached hydrogens (tertiary/aromatic N) is 3. The van der Waals surface area contributed by atoms with E-state index in [9.17, 15) is 13.2 Å². The van der Waals surface area contributed by atoms with Crippen molar-refractivity contribution in [3.63, 3.8) is 0 Å². The van der Waals surface area contributed by atoms with Crippen LogP contribution in [0.2, 0.25) is 0 Å². The lowest BCUT2D eigenvalue weighted by Gasteiger charge is -2.18. The van der Waals surface area contributed by atoms with Crippen molar-refractivity contribution in [2.24, 2.45) is 5.10 Å². The molecule has 144 valence electrons. The topological polar surface area (TPSA) is 110 Å². The number of likely N-dealkylation sites (N-methyl/N-ethyl adjacent to an activating group) is 1. The van der Waals surface area contributed by atoms with Gasteiger partial charge in [0.1, 0.15) is 16.4 Å². The minimum Gasteiger partial charge on any atom is -0.497 e. The summed E-state index contributed by atoms with van der Waals surface area (Å²) < 4.78 is 36.6. The van der Waals surface area contributed by atoms with Gasteiger partial charge in [-0.15, -0.1) is 0 Å². The molecule has 2 rings (SSSR count). The van der Waals surface area contributed by atoms with Crippen LogP contribution in [0.5, 0.6) is 11.5 Å². The van der Waals surface area contributed by atoms with Crippen LogP contribution in [0.25, 0.3) is 0 Å². The van der Waals surface area contributed by atoms with Crippen molar-refractivity contribution in [1.82, 2.24) is 14.7 Å². The van der Waals surface area contributed by atoms with Crippen LogP contribution in [-0.2, 0) is 14.8 Å². The second-order valence-corrected chi connectivity index (χ2v) is 7.34. The first-order chi connectivity index (χ1) is 12.9. The summed E-state index contributed by atoms with van der Waals surface area (Å²) in [4.78, 5) is 15.9. The van der Waals surface area contributed by atoms with E-state index in [1.54, 1.807) is 30.5 Å². The fourth-order valence-corrected chi connectivity index (χ4v) is 3.39. The fourth-order valence-electron chi connectivity index (χ4n) is 2.10. The molecule has 1 heterocycles. The van der Waals surface area contributed by atoms with Gasteiger partial charge in [-0.3, -0.25) is 9.78 Å². The molecule has 0 fully saturated rings. The molecule has 0 saturated carbocycles. The maximum atomic E-state index is 12.8. The molecule has 10 heteroatoms. The molecule has 2 aromatic rings. The lowest BCUT2D eigenvalue weighted by molar-refractivity contribution is -0.121. The van der Waals surface area contributed by atoms with Gasteiger partial charge >= 0.3 is 0 Å². The fraction of sp³-hybridized carbons (Fsp3) is 0.235. The summed E-state index contributed by atoms with van der Waals surface area (Å²) in [7, 11) is 0.0912. The van der Waals surface area contributed by atoms with Crippen LogP contribution in [0.15, 0.2) is 52.6 Å². The van der Waals surface area contributed by atoms with E-state index in [2.05, 4.69) is 15.5 Å². The quantitative estimate of drug-likeness (QED) is 0.527. The Morgan fingerprint density at radius 1 is 1.26 bits per heavy atom. The summed E-state index contributed by atoms with van der Waals surface area (Å²) in [6.45, 7) is -0.428. The third-order valence-electron chi connectivity index (χ3n) is 3.50. The molecule has 1 aromatic carbocycles. The van der Waals surface area contributed by atoms with Crippen LogP contribution in [0, 0.1) is 0 Å². The summed E-state index contributed by atoms with van der Waals surface area (Å²) in [5, 5.41) is 3.76. The molecule has 1 aromatic heterocycles. The Labute approximate surface area is 157 Å². The van der Waals surface area contributed by atoms with E-state index in [1.807, 2.05) is 0 Å². The predicted molar refractivity (Wildman–Crippen MR) is 99.3 cm³/mol. The number of methoxy groups -OCH3 is 2. The van der Waals surface area contributed by atoms with Gasteiger partial charge in [0.15, 0.2) is 0 Å². The second kappa shape index (κ2) is 9.10. The van der Waals surface area contributed by atoms with Gasteiger partial charge in [0, 0.05) is 19.3 Å². The maximum Gasteiger partial charge on any atom is 0.255 e. The number of sulfonamides is 1. The normalized spacial score (nSPS) is 11.6. The van der Waals surface area contributed by atoms with Crippen LogP contribution in [-0.4, -0.2) is 57.6 Å². The Morgan fingerprint density at radius 3 is 2.67 bits per heavy atom. The van der Waals surface area contributed by atoms with Gasteiger partial charge < -0.3 is 9.47 Å². The molecule has 0 aliphatic rings. The van der Waals surface area contributed by atoms with Crippen LogP contribution in [0.3, 0.4) is 0 Å². The van der Waals surface area contributed by atoms with E-state index in [4.69, 9.17) is 9.47 Å². The number of aromatic nitrogens is 1. The predicted octanol–water partition coefficient (Wildman–Crippen LogP) is 0.870.